The number of fused-ring (bicyclic) bond motifs is 1. The van der Waals surface area contributed by atoms with Crippen LogP contribution in [0.1, 0.15) is 46.5 Å². The Morgan fingerprint density at radius 3 is 2.55 bits per heavy atom. The Labute approximate surface area is 203 Å². The second-order valence-corrected chi connectivity index (χ2v) is 10.1. The van der Waals surface area contributed by atoms with Gasteiger partial charge in [0.05, 0.1) is 6.61 Å². The summed E-state index contributed by atoms with van der Waals surface area (Å²) in [5.74, 6) is 0.227. The number of carbonyl (C=O) groups excluding carboxylic acids is 1. The van der Waals surface area contributed by atoms with E-state index < -0.39 is 5.60 Å². The first-order valence-corrected chi connectivity index (χ1v) is 12.1. The molecule has 0 aliphatic rings. The lowest BCUT2D eigenvalue weighted by molar-refractivity contribution is 0.0296. The van der Waals surface area contributed by atoms with E-state index in [2.05, 4.69) is 20.9 Å². The standard InChI is InChI=1S/C26H32BrFN2O3/c1-26(2,3)33-25(31)30(4)13-7-5-6-8-14-32-19-10-12-20(23(28)16-19)22-17-29-24-15-18(27)9-11-21(22)24/h9-12,15-17,29H,5-8,13-14H2,1-4H3. The molecule has 5 nitrogen and oxygen atoms in total. The molecule has 0 atom stereocenters. The molecule has 7 heteroatoms. The maximum Gasteiger partial charge on any atom is 0.410 e. The summed E-state index contributed by atoms with van der Waals surface area (Å²) in [6, 6.07) is 10.9. The number of ether oxygens (including phenoxy) is 2. The van der Waals surface area contributed by atoms with Crippen LogP contribution in [0.15, 0.2) is 47.1 Å². The molecule has 1 aromatic heterocycles. The molecule has 0 aliphatic heterocycles. The minimum Gasteiger partial charge on any atom is -0.493 e. The number of hydrogen-bond donors (Lipinski definition) is 1. The van der Waals surface area contributed by atoms with Crippen LogP contribution in [0, 0.1) is 5.82 Å². The molecule has 1 N–H and O–H groups in total. The number of H-pyrrole nitrogens is 1. The van der Waals surface area contributed by atoms with Crippen LogP contribution in [0.3, 0.4) is 0 Å². The van der Waals surface area contributed by atoms with Crippen molar-refractivity contribution < 1.29 is 18.7 Å². The minimum absolute atomic E-state index is 0.295. The number of nitrogens with one attached hydrogen (secondary N) is 1. The van der Waals surface area contributed by atoms with Gasteiger partial charge >= 0.3 is 6.09 Å². The Morgan fingerprint density at radius 2 is 1.82 bits per heavy atom. The van der Waals surface area contributed by atoms with E-state index >= 15 is 0 Å². The van der Waals surface area contributed by atoms with Crippen LogP contribution < -0.4 is 4.74 Å². The molecular formula is C26H32BrFN2O3. The fourth-order valence-corrected chi connectivity index (χ4v) is 3.91. The number of rotatable bonds is 9. The summed E-state index contributed by atoms with van der Waals surface area (Å²) < 4.78 is 26.9. The van der Waals surface area contributed by atoms with Gasteiger partial charge in [-0.2, -0.15) is 0 Å². The second-order valence-electron chi connectivity index (χ2n) is 9.20. The van der Waals surface area contributed by atoms with Gasteiger partial charge in [0.1, 0.15) is 17.2 Å². The number of amides is 1. The number of aromatic amines is 1. The molecule has 0 aliphatic carbocycles. The third-order valence-electron chi connectivity index (χ3n) is 5.24. The molecule has 0 bridgehead atoms. The SMILES string of the molecule is CN(CCCCCCOc1ccc(-c2c[nH]c3cc(Br)ccc23)c(F)c1)C(=O)OC(C)(C)C. The molecule has 33 heavy (non-hydrogen) atoms. The number of unbranched alkanes of at least 4 members (excludes halogenated alkanes) is 3. The number of carbonyl (C=O) groups is 1. The van der Waals surface area contributed by atoms with Crippen LogP contribution >= 0.6 is 15.9 Å². The number of hydrogen-bond acceptors (Lipinski definition) is 3. The zero-order valence-corrected chi connectivity index (χ0v) is 21.3. The van der Waals surface area contributed by atoms with Crippen molar-refractivity contribution in [1.82, 2.24) is 9.88 Å². The molecule has 1 heterocycles. The summed E-state index contributed by atoms with van der Waals surface area (Å²) in [7, 11) is 1.75. The van der Waals surface area contributed by atoms with Crippen molar-refractivity contribution in [2.24, 2.45) is 0 Å². The summed E-state index contributed by atoms with van der Waals surface area (Å²) in [6.45, 7) is 6.77. The first-order chi connectivity index (χ1) is 15.6. The number of aromatic nitrogens is 1. The summed E-state index contributed by atoms with van der Waals surface area (Å²) in [5.41, 5.74) is 1.85. The van der Waals surface area contributed by atoms with E-state index in [1.165, 1.54) is 6.07 Å². The zero-order chi connectivity index (χ0) is 24.0. The fraction of sp³-hybridized carbons (Fsp3) is 0.423. The van der Waals surface area contributed by atoms with Crippen LogP contribution in [-0.2, 0) is 4.74 Å². The summed E-state index contributed by atoms with van der Waals surface area (Å²) in [4.78, 5) is 16.7. The molecule has 178 valence electrons. The van der Waals surface area contributed by atoms with E-state index in [-0.39, 0.29) is 11.9 Å². The highest BCUT2D eigenvalue weighted by molar-refractivity contribution is 9.10. The lowest BCUT2D eigenvalue weighted by atomic mass is 10.0. The molecule has 0 radical (unpaired) electrons. The van der Waals surface area contributed by atoms with Crippen LogP contribution in [0.4, 0.5) is 9.18 Å². The van der Waals surface area contributed by atoms with Crippen molar-refractivity contribution >= 4 is 32.9 Å². The number of nitrogens with zero attached hydrogens (tertiary/aromatic N) is 1. The fourth-order valence-electron chi connectivity index (χ4n) is 3.55. The maximum absolute atomic E-state index is 14.8. The van der Waals surface area contributed by atoms with Gasteiger partial charge in [-0.1, -0.05) is 34.8 Å². The van der Waals surface area contributed by atoms with Gasteiger partial charge in [0, 0.05) is 52.4 Å². The van der Waals surface area contributed by atoms with Crippen LogP contribution in [0.5, 0.6) is 5.75 Å². The van der Waals surface area contributed by atoms with Gasteiger partial charge in [-0.05, 0) is 57.9 Å². The maximum atomic E-state index is 14.8. The Balaban J connectivity index is 1.41. The highest BCUT2D eigenvalue weighted by Gasteiger charge is 2.19. The molecule has 0 saturated heterocycles. The molecule has 0 fully saturated rings. The van der Waals surface area contributed by atoms with Crippen molar-refractivity contribution in [3.8, 4) is 16.9 Å². The first-order valence-electron chi connectivity index (χ1n) is 11.3. The van der Waals surface area contributed by atoms with Gasteiger partial charge in [0.2, 0.25) is 0 Å². The van der Waals surface area contributed by atoms with E-state index in [9.17, 15) is 9.18 Å². The second kappa shape index (κ2) is 11.1. The molecule has 2 aromatic carbocycles. The molecule has 0 spiro atoms. The Kier molecular flexibility index (Phi) is 8.40. The Hall–Kier alpha value is -2.54. The van der Waals surface area contributed by atoms with Crippen molar-refractivity contribution in [3.63, 3.8) is 0 Å². The van der Waals surface area contributed by atoms with Crippen LogP contribution in [0.2, 0.25) is 0 Å². The van der Waals surface area contributed by atoms with E-state index in [1.54, 1.807) is 18.0 Å². The van der Waals surface area contributed by atoms with E-state index in [0.717, 1.165) is 46.6 Å². The Bertz CT molecular complexity index is 1090. The van der Waals surface area contributed by atoms with Gasteiger partial charge in [-0.15, -0.1) is 0 Å². The van der Waals surface area contributed by atoms with Crippen LogP contribution in [-0.4, -0.2) is 41.8 Å². The third kappa shape index (κ3) is 7.22. The monoisotopic (exact) mass is 518 g/mol. The molecule has 0 saturated carbocycles. The van der Waals surface area contributed by atoms with Gasteiger partial charge in [0.15, 0.2) is 0 Å². The quantitative estimate of drug-likeness (QED) is 0.297. The van der Waals surface area contributed by atoms with Crippen LogP contribution in [0.25, 0.3) is 22.0 Å². The lowest BCUT2D eigenvalue weighted by Gasteiger charge is -2.24. The topological polar surface area (TPSA) is 54.6 Å². The highest BCUT2D eigenvalue weighted by Crippen LogP contribution is 2.33. The van der Waals surface area contributed by atoms with Crippen molar-refractivity contribution in [2.75, 3.05) is 20.2 Å². The molecule has 3 aromatic rings. The van der Waals surface area contributed by atoms with Crippen molar-refractivity contribution in [1.29, 1.82) is 0 Å². The number of benzene rings is 2. The minimum atomic E-state index is -0.479. The largest absolute Gasteiger partial charge is 0.493 e. The van der Waals surface area contributed by atoms with Crippen molar-refractivity contribution in [2.45, 2.75) is 52.1 Å². The molecular weight excluding hydrogens is 487 g/mol. The average Bonchev–Trinajstić information content (AvgIpc) is 3.14. The molecule has 0 unspecified atom stereocenters. The molecule has 3 rings (SSSR count). The smallest absolute Gasteiger partial charge is 0.410 e. The van der Waals surface area contributed by atoms with E-state index in [1.807, 2.05) is 51.2 Å². The summed E-state index contributed by atoms with van der Waals surface area (Å²) in [5, 5.41) is 0.975. The Morgan fingerprint density at radius 1 is 1.06 bits per heavy atom. The predicted octanol–water partition coefficient (Wildman–Crippen LogP) is 7.54. The normalized spacial score (nSPS) is 11.6. The van der Waals surface area contributed by atoms with Gasteiger partial charge in [0.25, 0.3) is 0 Å². The van der Waals surface area contributed by atoms with Gasteiger partial charge in [-0.25, -0.2) is 9.18 Å². The lowest BCUT2D eigenvalue weighted by Crippen LogP contribution is -2.34. The third-order valence-corrected chi connectivity index (χ3v) is 5.73. The highest BCUT2D eigenvalue weighted by atomic mass is 79.9. The van der Waals surface area contributed by atoms with Gasteiger partial charge in [-0.3, -0.25) is 0 Å². The predicted molar refractivity (Wildman–Crippen MR) is 134 cm³/mol. The van der Waals surface area contributed by atoms with Crippen molar-refractivity contribution in [3.05, 3.63) is 52.9 Å². The summed E-state index contributed by atoms with van der Waals surface area (Å²) >= 11 is 3.46. The first kappa shape index (κ1) is 25.1. The zero-order valence-electron chi connectivity index (χ0n) is 19.7. The van der Waals surface area contributed by atoms with Gasteiger partial charge < -0.3 is 19.4 Å². The van der Waals surface area contributed by atoms with E-state index in [4.69, 9.17) is 9.47 Å². The molecule has 1 amide bonds. The van der Waals surface area contributed by atoms with E-state index in [0.29, 0.717) is 24.5 Å². The average molecular weight is 519 g/mol. The summed E-state index contributed by atoms with van der Waals surface area (Å²) in [6.07, 6.45) is 5.28. The number of halogens is 2.